The molecular weight excluding hydrogens is 272 g/mol. The lowest BCUT2D eigenvalue weighted by molar-refractivity contribution is 0.0240. The highest BCUT2D eigenvalue weighted by molar-refractivity contribution is 5.90. The van der Waals surface area contributed by atoms with Crippen molar-refractivity contribution < 1.29 is 20.1 Å². The Morgan fingerprint density at radius 2 is 2.14 bits per heavy atom. The third-order valence-electron chi connectivity index (χ3n) is 3.72. The van der Waals surface area contributed by atoms with Crippen molar-refractivity contribution in [2.24, 2.45) is 0 Å². The molecule has 0 aromatic heterocycles. The van der Waals surface area contributed by atoms with Crippen LogP contribution in [0.5, 0.6) is 5.75 Å². The first-order valence-corrected chi connectivity index (χ1v) is 6.94. The maximum atomic E-state index is 11.0. The van der Waals surface area contributed by atoms with E-state index in [1.54, 1.807) is 6.07 Å². The number of phenols is 1. The molecule has 1 aliphatic rings. The quantitative estimate of drug-likeness (QED) is 0.737. The molecule has 1 unspecified atom stereocenters. The van der Waals surface area contributed by atoms with Crippen molar-refractivity contribution in [3.63, 3.8) is 0 Å². The molecule has 0 amide bonds. The number of likely N-dealkylation sites (N-methyl/N-ethyl adjacent to an activating group) is 1. The summed E-state index contributed by atoms with van der Waals surface area (Å²) in [5.74, 6) is -1.36. The summed E-state index contributed by atoms with van der Waals surface area (Å²) in [6.07, 6.45) is 0.703. The van der Waals surface area contributed by atoms with E-state index >= 15 is 0 Å². The molecule has 2 rings (SSSR count). The van der Waals surface area contributed by atoms with Crippen molar-refractivity contribution in [2.75, 3.05) is 33.7 Å². The van der Waals surface area contributed by atoms with Crippen molar-refractivity contribution in [1.29, 1.82) is 0 Å². The molecular formula is C15H22N2O4. The van der Waals surface area contributed by atoms with Crippen LogP contribution in [0.4, 0.5) is 0 Å². The molecule has 0 bridgehead atoms. The van der Waals surface area contributed by atoms with Gasteiger partial charge in [-0.3, -0.25) is 4.90 Å². The SMILES string of the molecule is CN(C)CC1(O)CCN(Cc2ccc(O)c(C(=O)O)c2)C1. The summed E-state index contributed by atoms with van der Waals surface area (Å²) < 4.78 is 0. The minimum absolute atomic E-state index is 0.0877. The van der Waals surface area contributed by atoms with Crippen molar-refractivity contribution in [3.8, 4) is 5.75 Å². The van der Waals surface area contributed by atoms with E-state index in [9.17, 15) is 15.0 Å². The predicted molar refractivity (Wildman–Crippen MR) is 78.5 cm³/mol. The molecule has 0 saturated carbocycles. The first-order valence-electron chi connectivity index (χ1n) is 6.94. The monoisotopic (exact) mass is 294 g/mol. The highest BCUT2D eigenvalue weighted by Crippen LogP contribution is 2.25. The van der Waals surface area contributed by atoms with Crippen LogP contribution in [-0.4, -0.2) is 70.4 Å². The smallest absolute Gasteiger partial charge is 0.339 e. The second-order valence-electron chi connectivity index (χ2n) is 6.08. The van der Waals surface area contributed by atoms with Crippen molar-refractivity contribution in [3.05, 3.63) is 29.3 Å². The van der Waals surface area contributed by atoms with Gasteiger partial charge < -0.3 is 20.2 Å². The standard InChI is InChI=1S/C15H22N2O4/c1-16(2)9-15(21)5-6-17(10-15)8-11-3-4-13(18)12(7-11)14(19)20/h3-4,7,18,21H,5-6,8-10H2,1-2H3,(H,19,20). The van der Waals surface area contributed by atoms with Gasteiger partial charge in [-0.15, -0.1) is 0 Å². The summed E-state index contributed by atoms with van der Waals surface area (Å²) in [6.45, 7) is 2.51. The number of carboxylic acid groups (broad SMARTS) is 1. The molecule has 1 aromatic carbocycles. The zero-order valence-electron chi connectivity index (χ0n) is 12.4. The van der Waals surface area contributed by atoms with Gasteiger partial charge in [0.2, 0.25) is 0 Å². The van der Waals surface area contributed by atoms with Crippen molar-refractivity contribution in [2.45, 2.75) is 18.6 Å². The number of likely N-dealkylation sites (tertiary alicyclic amines) is 1. The van der Waals surface area contributed by atoms with Gasteiger partial charge in [-0.1, -0.05) is 6.07 Å². The van der Waals surface area contributed by atoms with E-state index in [1.807, 2.05) is 19.0 Å². The van der Waals surface area contributed by atoms with Crippen LogP contribution in [-0.2, 0) is 6.54 Å². The summed E-state index contributed by atoms with van der Waals surface area (Å²) in [5, 5.41) is 29.0. The van der Waals surface area contributed by atoms with E-state index in [4.69, 9.17) is 5.11 Å². The second kappa shape index (κ2) is 6.01. The van der Waals surface area contributed by atoms with Crippen LogP contribution >= 0.6 is 0 Å². The van der Waals surface area contributed by atoms with Gasteiger partial charge in [0.05, 0.1) is 5.60 Å². The molecule has 1 atom stereocenters. The lowest BCUT2D eigenvalue weighted by atomic mass is 10.0. The maximum Gasteiger partial charge on any atom is 0.339 e. The molecule has 0 spiro atoms. The first-order chi connectivity index (χ1) is 9.79. The summed E-state index contributed by atoms with van der Waals surface area (Å²) >= 11 is 0. The Bertz CT molecular complexity index is 532. The van der Waals surface area contributed by atoms with Gasteiger partial charge in [0.1, 0.15) is 11.3 Å². The van der Waals surface area contributed by atoms with E-state index in [-0.39, 0.29) is 11.3 Å². The van der Waals surface area contributed by atoms with E-state index in [0.717, 1.165) is 12.1 Å². The number of aromatic carboxylic acids is 1. The van der Waals surface area contributed by atoms with Crippen molar-refractivity contribution >= 4 is 5.97 Å². The molecule has 1 fully saturated rings. The van der Waals surface area contributed by atoms with Crippen molar-refractivity contribution in [1.82, 2.24) is 9.80 Å². The van der Waals surface area contributed by atoms with Crippen LogP contribution in [0.1, 0.15) is 22.3 Å². The number of carbonyl (C=O) groups is 1. The molecule has 0 aliphatic carbocycles. The van der Waals surface area contributed by atoms with Gasteiger partial charge in [0.25, 0.3) is 0 Å². The van der Waals surface area contributed by atoms with E-state index in [0.29, 0.717) is 26.1 Å². The average molecular weight is 294 g/mol. The van der Waals surface area contributed by atoms with Crippen LogP contribution in [0.25, 0.3) is 0 Å². The lowest BCUT2D eigenvalue weighted by Gasteiger charge is -2.26. The predicted octanol–water partition coefficient (Wildman–Crippen LogP) is 0.589. The highest BCUT2D eigenvalue weighted by Gasteiger charge is 2.36. The molecule has 3 N–H and O–H groups in total. The topological polar surface area (TPSA) is 84.2 Å². The third-order valence-corrected chi connectivity index (χ3v) is 3.72. The number of benzene rings is 1. The molecule has 116 valence electrons. The van der Waals surface area contributed by atoms with Crippen LogP contribution in [0, 0.1) is 0 Å². The van der Waals surface area contributed by atoms with Crippen LogP contribution in [0.3, 0.4) is 0 Å². The fourth-order valence-corrected chi connectivity index (χ4v) is 2.90. The second-order valence-corrected chi connectivity index (χ2v) is 6.08. The van der Waals surface area contributed by atoms with E-state index < -0.39 is 11.6 Å². The number of rotatable bonds is 5. The molecule has 1 saturated heterocycles. The Morgan fingerprint density at radius 3 is 2.76 bits per heavy atom. The summed E-state index contributed by atoms with van der Waals surface area (Å²) in [7, 11) is 3.86. The van der Waals surface area contributed by atoms with Crippen LogP contribution in [0.15, 0.2) is 18.2 Å². The zero-order chi connectivity index (χ0) is 15.6. The van der Waals surface area contributed by atoms with Crippen LogP contribution < -0.4 is 0 Å². The molecule has 1 aromatic rings. The van der Waals surface area contributed by atoms with Gasteiger partial charge in [-0.2, -0.15) is 0 Å². The van der Waals surface area contributed by atoms with Gasteiger partial charge in [-0.05, 0) is 38.2 Å². The van der Waals surface area contributed by atoms with Gasteiger partial charge in [0.15, 0.2) is 0 Å². The Kier molecular flexibility index (Phi) is 4.51. The Labute approximate surface area is 124 Å². The van der Waals surface area contributed by atoms with Gasteiger partial charge in [0, 0.05) is 26.2 Å². The first kappa shape index (κ1) is 15.8. The average Bonchev–Trinajstić information content (AvgIpc) is 2.71. The maximum absolute atomic E-state index is 11.0. The largest absolute Gasteiger partial charge is 0.507 e. The lowest BCUT2D eigenvalue weighted by Crippen LogP contribution is -2.42. The normalized spacial score (nSPS) is 22.9. The van der Waals surface area contributed by atoms with E-state index in [2.05, 4.69) is 4.90 Å². The fraction of sp³-hybridized carbons (Fsp3) is 0.533. The summed E-state index contributed by atoms with van der Waals surface area (Å²) in [4.78, 5) is 15.1. The molecule has 1 heterocycles. The number of hydrogen-bond donors (Lipinski definition) is 3. The number of nitrogens with zero attached hydrogens (tertiary/aromatic N) is 2. The summed E-state index contributed by atoms with van der Waals surface area (Å²) in [5.41, 5.74) is 0.0188. The molecule has 21 heavy (non-hydrogen) atoms. The molecule has 6 nitrogen and oxygen atoms in total. The molecule has 1 aliphatic heterocycles. The number of aliphatic hydroxyl groups is 1. The van der Waals surface area contributed by atoms with Gasteiger partial charge >= 0.3 is 5.97 Å². The minimum Gasteiger partial charge on any atom is -0.507 e. The number of hydrogen-bond acceptors (Lipinski definition) is 5. The Morgan fingerprint density at radius 1 is 1.43 bits per heavy atom. The Hall–Kier alpha value is -1.63. The Balaban J connectivity index is 2.03. The zero-order valence-corrected chi connectivity index (χ0v) is 12.4. The third kappa shape index (κ3) is 3.93. The fourth-order valence-electron chi connectivity index (χ4n) is 2.90. The summed E-state index contributed by atoms with van der Waals surface area (Å²) in [6, 6.07) is 4.60. The number of β-amino-alcohol motifs (C(OH)–C–C–N with tert-alkyl or cyclic N) is 1. The minimum atomic E-state index is -1.14. The highest BCUT2D eigenvalue weighted by atomic mass is 16.4. The van der Waals surface area contributed by atoms with E-state index in [1.165, 1.54) is 12.1 Å². The molecule has 0 radical (unpaired) electrons. The molecule has 6 heteroatoms. The van der Waals surface area contributed by atoms with Gasteiger partial charge in [-0.25, -0.2) is 4.79 Å². The number of carboxylic acids is 1. The number of aromatic hydroxyl groups is 1. The van der Waals surface area contributed by atoms with Crippen LogP contribution in [0.2, 0.25) is 0 Å².